The van der Waals surface area contributed by atoms with Crippen LogP contribution in [-0.4, -0.2) is 42.3 Å². The van der Waals surface area contributed by atoms with Crippen molar-refractivity contribution in [2.45, 2.75) is 64.8 Å². The molecule has 0 aromatic heterocycles. The number of esters is 1. The van der Waals surface area contributed by atoms with Gasteiger partial charge in [-0.15, -0.1) is 0 Å². The van der Waals surface area contributed by atoms with Crippen LogP contribution in [0.3, 0.4) is 0 Å². The molecule has 5 nitrogen and oxygen atoms in total. The summed E-state index contributed by atoms with van der Waals surface area (Å²) in [6.45, 7) is 4.33. The molecule has 1 heterocycles. The minimum Gasteiger partial charge on any atom is -0.465 e. The van der Waals surface area contributed by atoms with Crippen LogP contribution in [0.15, 0.2) is 42.5 Å². The number of carbonyl (C=O) groups excluding carboxylic acids is 3. The van der Waals surface area contributed by atoms with Crippen molar-refractivity contribution in [1.82, 2.24) is 4.90 Å². The molecule has 0 spiro atoms. The summed E-state index contributed by atoms with van der Waals surface area (Å²) in [6, 6.07) is 14.4. The molecule has 1 amide bonds. The number of fused-ring (bicyclic) bond motifs is 1. The second kappa shape index (κ2) is 10.7. The Balaban J connectivity index is 1.62. The van der Waals surface area contributed by atoms with E-state index in [0.29, 0.717) is 6.42 Å². The van der Waals surface area contributed by atoms with Crippen LogP contribution in [-0.2, 0) is 25.5 Å². The summed E-state index contributed by atoms with van der Waals surface area (Å²) >= 11 is 0. The van der Waals surface area contributed by atoms with E-state index in [2.05, 4.69) is 18.2 Å². The third-order valence-electron chi connectivity index (χ3n) is 7.95. The van der Waals surface area contributed by atoms with Gasteiger partial charge in [0.15, 0.2) is 5.78 Å². The van der Waals surface area contributed by atoms with Crippen LogP contribution in [0.4, 0.5) is 0 Å². The molecule has 0 radical (unpaired) electrons. The van der Waals surface area contributed by atoms with Gasteiger partial charge in [0.1, 0.15) is 5.92 Å². The van der Waals surface area contributed by atoms with E-state index in [0.717, 1.165) is 42.0 Å². The number of hydrogen-bond acceptors (Lipinski definition) is 4. The summed E-state index contributed by atoms with van der Waals surface area (Å²) in [7, 11) is 1.87. The molecule has 2 aliphatic rings. The molecule has 4 rings (SSSR count). The Labute approximate surface area is 202 Å². The summed E-state index contributed by atoms with van der Waals surface area (Å²) in [5.74, 6) is -1.90. The first-order valence-electron chi connectivity index (χ1n) is 12.8. The van der Waals surface area contributed by atoms with Gasteiger partial charge in [-0.1, -0.05) is 75.6 Å². The lowest BCUT2D eigenvalue weighted by Gasteiger charge is -2.32. The summed E-state index contributed by atoms with van der Waals surface area (Å²) in [6.07, 6.45) is 6.13. The number of rotatable bonds is 8. The van der Waals surface area contributed by atoms with Crippen molar-refractivity contribution < 1.29 is 19.1 Å². The smallest absolute Gasteiger partial charge is 0.316 e. The number of ketones is 1. The van der Waals surface area contributed by atoms with E-state index in [9.17, 15) is 14.4 Å². The fraction of sp³-hybridized carbons (Fsp3) is 0.552. The highest BCUT2D eigenvalue weighted by Gasteiger charge is 2.46. The molecule has 2 aromatic carbocycles. The Morgan fingerprint density at radius 3 is 2.47 bits per heavy atom. The molecule has 1 aliphatic carbocycles. The Hall–Kier alpha value is -2.69. The third-order valence-corrected chi connectivity index (χ3v) is 7.95. The fourth-order valence-corrected chi connectivity index (χ4v) is 5.73. The molecule has 2 aromatic rings. The molecule has 3 atom stereocenters. The van der Waals surface area contributed by atoms with Crippen LogP contribution >= 0.6 is 0 Å². The number of cyclic esters (lactones) is 1. The summed E-state index contributed by atoms with van der Waals surface area (Å²) in [5, 5.41) is 2.20. The molecule has 182 valence electrons. The van der Waals surface area contributed by atoms with E-state index in [1.807, 2.05) is 50.1 Å². The highest BCUT2D eigenvalue weighted by molar-refractivity contribution is 6.03. The standard InChI is InChI=1S/C29H37NO4/c1-19(2)25-18-34-29(33)27(25)28(32)22(17-26(31)30(3)23-13-5-4-6-14-23)16-21-12-9-11-20-10-7-8-15-24(20)21/h7-12,15,19,22-23,25,27H,4-6,13-14,16-18H2,1-3H3/t22-,25+,27+/m1/s1. The van der Waals surface area contributed by atoms with Crippen molar-refractivity contribution in [3.05, 3.63) is 48.0 Å². The average molecular weight is 464 g/mol. The molecular formula is C29H37NO4. The second-order valence-electron chi connectivity index (χ2n) is 10.5. The maximum atomic E-state index is 13.9. The van der Waals surface area contributed by atoms with E-state index in [1.165, 1.54) is 6.42 Å². The highest BCUT2D eigenvalue weighted by atomic mass is 16.5. The largest absolute Gasteiger partial charge is 0.465 e. The van der Waals surface area contributed by atoms with Crippen molar-refractivity contribution in [1.29, 1.82) is 0 Å². The number of nitrogens with zero attached hydrogens (tertiary/aromatic N) is 1. The lowest BCUT2D eigenvalue weighted by molar-refractivity contribution is -0.147. The van der Waals surface area contributed by atoms with Gasteiger partial charge in [-0.25, -0.2) is 0 Å². The first kappa shape index (κ1) is 24.4. The maximum Gasteiger partial charge on any atom is 0.316 e. The van der Waals surface area contributed by atoms with E-state index in [-0.39, 0.29) is 42.6 Å². The van der Waals surface area contributed by atoms with Crippen molar-refractivity contribution in [2.24, 2.45) is 23.7 Å². The lowest BCUT2D eigenvalue weighted by Crippen LogP contribution is -2.41. The van der Waals surface area contributed by atoms with E-state index < -0.39 is 17.8 Å². The Bertz CT molecular complexity index is 1030. The van der Waals surface area contributed by atoms with E-state index in [1.54, 1.807) is 0 Å². The lowest BCUT2D eigenvalue weighted by atomic mass is 9.76. The van der Waals surface area contributed by atoms with Crippen molar-refractivity contribution >= 4 is 28.4 Å². The SMILES string of the molecule is CC(C)[C@@H]1COC(=O)[C@@H]1C(=O)[C@@H](CC(=O)N(C)C1CCCCC1)Cc1cccc2ccccc12. The van der Waals surface area contributed by atoms with Crippen molar-refractivity contribution in [2.75, 3.05) is 13.7 Å². The number of amides is 1. The molecule has 0 N–H and O–H groups in total. The Kier molecular flexibility index (Phi) is 7.70. The maximum absolute atomic E-state index is 13.9. The highest BCUT2D eigenvalue weighted by Crippen LogP contribution is 2.34. The van der Waals surface area contributed by atoms with Gasteiger partial charge >= 0.3 is 5.97 Å². The second-order valence-corrected chi connectivity index (χ2v) is 10.5. The van der Waals surface area contributed by atoms with Crippen LogP contribution < -0.4 is 0 Å². The predicted molar refractivity (Wildman–Crippen MR) is 133 cm³/mol. The van der Waals surface area contributed by atoms with Gasteiger partial charge in [-0.05, 0) is 41.5 Å². The van der Waals surface area contributed by atoms with Crippen LogP contribution in [0.2, 0.25) is 0 Å². The Morgan fingerprint density at radius 2 is 1.74 bits per heavy atom. The molecule has 1 saturated heterocycles. The number of benzene rings is 2. The van der Waals surface area contributed by atoms with Crippen LogP contribution in [0.25, 0.3) is 10.8 Å². The number of carbonyl (C=O) groups is 3. The molecule has 2 fully saturated rings. The van der Waals surface area contributed by atoms with Crippen molar-refractivity contribution in [3.8, 4) is 0 Å². The molecule has 34 heavy (non-hydrogen) atoms. The topological polar surface area (TPSA) is 63.7 Å². The summed E-state index contributed by atoms with van der Waals surface area (Å²) in [5.41, 5.74) is 1.04. The number of Topliss-reactive ketones (excluding diaryl/α,β-unsaturated/α-hetero) is 1. The average Bonchev–Trinajstić information content (AvgIpc) is 3.25. The minimum absolute atomic E-state index is 0.00190. The predicted octanol–water partition coefficient (Wildman–Crippen LogP) is 5.19. The van der Waals surface area contributed by atoms with E-state index in [4.69, 9.17) is 4.74 Å². The van der Waals surface area contributed by atoms with Gasteiger partial charge in [0, 0.05) is 31.3 Å². The third kappa shape index (κ3) is 5.18. The van der Waals surface area contributed by atoms with Crippen LogP contribution in [0.1, 0.15) is 57.9 Å². The Morgan fingerprint density at radius 1 is 1.03 bits per heavy atom. The quantitative estimate of drug-likeness (QED) is 0.399. The van der Waals surface area contributed by atoms with Gasteiger partial charge in [0.25, 0.3) is 0 Å². The monoisotopic (exact) mass is 463 g/mol. The minimum atomic E-state index is -0.784. The zero-order valence-corrected chi connectivity index (χ0v) is 20.7. The normalized spacial score (nSPS) is 22.1. The zero-order valence-electron chi connectivity index (χ0n) is 20.7. The van der Waals surface area contributed by atoms with Gasteiger partial charge in [-0.3, -0.25) is 14.4 Å². The van der Waals surface area contributed by atoms with Gasteiger partial charge in [0.2, 0.25) is 5.91 Å². The molecular weight excluding hydrogens is 426 g/mol. The molecule has 5 heteroatoms. The van der Waals surface area contributed by atoms with Crippen LogP contribution in [0.5, 0.6) is 0 Å². The van der Waals surface area contributed by atoms with Gasteiger partial charge in [0.05, 0.1) is 6.61 Å². The number of ether oxygens (including phenoxy) is 1. The molecule has 0 unspecified atom stereocenters. The van der Waals surface area contributed by atoms with Crippen molar-refractivity contribution in [3.63, 3.8) is 0 Å². The van der Waals surface area contributed by atoms with E-state index >= 15 is 0 Å². The molecule has 0 bridgehead atoms. The summed E-state index contributed by atoms with van der Waals surface area (Å²) < 4.78 is 5.32. The fourth-order valence-electron chi connectivity index (χ4n) is 5.73. The van der Waals surface area contributed by atoms with Gasteiger partial charge in [-0.2, -0.15) is 0 Å². The number of hydrogen-bond donors (Lipinski definition) is 0. The zero-order chi connectivity index (χ0) is 24.2. The first-order chi connectivity index (χ1) is 16.4. The first-order valence-corrected chi connectivity index (χ1v) is 12.8. The van der Waals surface area contributed by atoms with Gasteiger partial charge < -0.3 is 9.64 Å². The summed E-state index contributed by atoms with van der Waals surface area (Å²) in [4.78, 5) is 41.7. The van der Waals surface area contributed by atoms with Crippen LogP contribution in [0, 0.1) is 23.7 Å². The molecule has 1 aliphatic heterocycles. The molecule has 1 saturated carbocycles.